The number of amidine groups is 1. The van der Waals surface area contributed by atoms with Crippen molar-refractivity contribution in [2.45, 2.75) is 13.3 Å². The van der Waals surface area contributed by atoms with Crippen molar-refractivity contribution in [3.05, 3.63) is 59.2 Å². The minimum atomic E-state index is -0.376. The largest absolute Gasteiger partial charge is 0.463 e. The lowest BCUT2D eigenvalue weighted by molar-refractivity contribution is -0.138. The third kappa shape index (κ3) is 3.59. The first kappa shape index (κ1) is 16.5. The van der Waals surface area contributed by atoms with E-state index in [-0.39, 0.29) is 12.4 Å². The minimum Gasteiger partial charge on any atom is -0.463 e. The lowest BCUT2D eigenvalue weighted by Gasteiger charge is -2.06. The molecule has 0 saturated carbocycles. The lowest BCUT2D eigenvalue weighted by Crippen LogP contribution is -2.16. The van der Waals surface area contributed by atoms with Gasteiger partial charge in [0.25, 0.3) is 0 Å². The molecular formula is C20H17N3O2. The topological polar surface area (TPSA) is 88.5 Å². The highest BCUT2D eigenvalue weighted by Crippen LogP contribution is 2.32. The van der Waals surface area contributed by atoms with Crippen molar-refractivity contribution < 1.29 is 9.53 Å². The van der Waals surface area contributed by atoms with Gasteiger partial charge in [-0.3, -0.25) is 0 Å². The van der Waals surface area contributed by atoms with Crippen LogP contribution in [-0.2, 0) is 9.53 Å². The van der Waals surface area contributed by atoms with E-state index < -0.39 is 0 Å². The molecule has 2 N–H and O–H groups in total. The van der Waals surface area contributed by atoms with Crippen molar-refractivity contribution in [2.75, 3.05) is 6.61 Å². The smallest absolute Gasteiger partial charge is 0.334 e. The normalized spacial score (nSPS) is 13.0. The zero-order valence-corrected chi connectivity index (χ0v) is 13.8. The summed E-state index contributed by atoms with van der Waals surface area (Å²) in [7, 11) is 0. The molecule has 3 rings (SSSR count). The Labute approximate surface area is 146 Å². The Balaban J connectivity index is 2.04. The summed E-state index contributed by atoms with van der Waals surface area (Å²) < 4.78 is 5.07. The van der Waals surface area contributed by atoms with E-state index in [0.29, 0.717) is 29.3 Å². The van der Waals surface area contributed by atoms with Gasteiger partial charge in [-0.05, 0) is 42.3 Å². The summed E-state index contributed by atoms with van der Waals surface area (Å²) in [5.41, 5.74) is 10.4. The second-order valence-corrected chi connectivity index (χ2v) is 5.64. The van der Waals surface area contributed by atoms with Crippen LogP contribution in [0.3, 0.4) is 0 Å². The molecule has 0 aromatic heterocycles. The van der Waals surface area contributed by atoms with Crippen LogP contribution in [0.4, 0.5) is 5.69 Å². The second kappa shape index (κ2) is 7.02. The van der Waals surface area contributed by atoms with Gasteiger partial charge >= 0.3 is 5.97 Å². The van der Waals surface area contributed by atoms with E-state index >= 15 is 0 Å². The summed E-state index contributed by atoms with van der Waals surface area (Å²) in [5, 5.41) is 9.06. The Morgan fingerprint density at radius 1 is 1.28 bits per heavy atom. The van der Waals surface area contributed by atoms with Crippen LogP contribution in [0.2, 0.25) is 0 Å². The van der Waals surface area contributed by atoms with Crippen LogP contribution in [0, 0.1) is 11.3 Å². The van der Waals surface area contributed by atoms with Gasteiger partial charge in [0.2, 0.25) is 0 Å². The fourth-order valence-electron chi connectivity index (χ4n) is 2.69. The van der Waals surface area contributed by atoms with E-state index in [0.717, 1.165) is 16.7 Å². The number of carbonyl (C=O) groups is 1. The zero-order valence-electron chi connectivity index (χ0n) is 13.8. The average molecular weight is 331 g/mol. The number of aliphatic imine (C=N–C) groups is 1. The maximum Gasteiger partial charge on any atom is 0.334 e. The number of carbonyl (C=O) groups excluding carboxylic acids is 1. The monoisotopic (exact) mass is 331 g/mol. The van der Waals surface area contributed by atoms with Gasteiger partial charge in [-0.15, -0.1) is 0 Å². The van der Waals surface area contributed by atoms with Crippen LogP contribution in [0.15, 0.2) is 53.0 Å². The van der Waals surface area contributed by atoms with Crippen LogP contribution in [0.1, 0.15) is 24.5 Å². The first-order valence-corrected chi connectivity index (χ1v) is 7.96. The predicted molar refractivity (Wildman–Crippen MR) is 97.1 cm³/mol. The first-order chi connectivity index (χ1) is 12.1. The molecule has 0 atom stereocenters. The first-order valence-electron chi connectivity index (χ1n) is 7.96. The maximum atomic E-state index is 12.0. The van der Waals surface area contributed by atoms with E-state index in [1.807, 2.05) is 36.4 Å². The van der Waals surface area contributed by atoms with Crippen LogP contribution in [0.5, 0.6) is 0 Å². The van der Waals surface area contributed by atoms with Crippen molar-refractivity contribution >= 4 is 23.6 Å². The van der Waals surface area contributed by atoms with E-state index in [2.05, 4.69) is 11.1 Å². The molecule has 0 bridgehead atoms. The Kier molecular flexibility index (Phi) is 4.62. The molecular weight excluding hydrogens is 314 g/mol. The number of fused-ring (bicyclic) bond motifs is 1. The molecule has 25 heavy (non-hydrogen) atoms. The number of hydrogen-bond donors (Lipinski definition) is 1. The standard InChI is InChI=1S/C20H17N3O2/c1-2-25-20(24)17-9-16-7-6-15(10-18(16)23-19(22)11-17)14-5-3-4-13(8-14)12-21/h3-10H,2,11H2,1H3,(H2,22,23). The highest BCUT2D eigenvalue weighted by atomic mass is 16.5. The van der Waals surface area contributed by atoms with Gasteiger partial charge in [0, 0.05) is 17.6 Å². The summed E-state index contributed by atoms with van der Waals surface area (Å²) in [6, 6.07) is 15.2. The van der Waals surface area contributed by atoms with E-state index in [4.69, 9.17) is 15.7 Å². The summed E-state index contributed by atoms with van der Waals surface area (Å²) in [4.78, 5) is 16.5. The number of rotatable bonds is 3. The van der Waals surface area contributed by atoms with Crippen LogP contribution < -0.4 is 5.73 Å². The molecule has 0 fully saturated rings. The number of benzene rings is 2. The molecule has 1 heterocycles. The fourth-order valence-corrected chi connectivity index (χ4v) is 2.69. The average Bonchev–Trinajstić information content (AvgIpc) is 2.79. The number of ether oxygens (including phenoxy) is 1. The Morgan fingerprint density at radius 2 is 2.08 bits per heavy atom. The van der Waals surface area contributed by atoms with Crippen molar-refractivity contribution in [2.24, 2.45) is 10.7 Å². The van der Waals surface area contributed by atoms with Crippen LogP contribution in [0.25, 0.3) is 17.2 Å². The summed E-state index contributed by atoms with van der Waals surface area (Å²) in [6.07, 6.45) is 2.03. The van der Waals surface area contributed by atoms with Gasteiger partial charge in [-0.1, -0.05) is 24.3 Å². The quantitative estimate of drug-likeness (QED) is 0.871. The lowest BCUT2D eigenvalue weighted by atomic mass is 10.00. The molecule has 5 heteroatoms. The van der Waals surface area contributed by atoms with Crippen LogP contribution >= 0.6 is 0 Å². The molecule has 0 amide bonds. The predicted octanol–water partition coefficient (Wildman–Crippen LogP) is 3.56. The molecule has 1 aliphatic heterocycles. The van der Waals surface area contributed by atoms with Gasteiger partial charge in [-0.2, -0.15) is 5.26 Å². The number of nitriles is 1. The van der Waals surface area contributed by atoms with Crippen molar-refractivity contribution in [1.29, 1.82) is 5.26 Å². The molecule has 5 nitrogen and oxygen atoms in total. The molecule has 0 radical (unpaired) electrons. The van der Waals surface area contributed by atoms with Gasteiger partial charge in [0.15, 0.2) is 0 Å². The Morgan fingerprint density at radius 3 is 2.84 bits per heavy atom. The summed E-state index contributed by atoms with van der Waals surface area (Å²) in [5.74, 6) is -0.0136. The van der Waals surface area contributed by atoms with E-state index in [1.165, 1.54) is 0 Å². The van der Waals surface area contributed by atoms with Crippen molar-refractivity contribution in [3.8, 4) is 17.2 Å². The van der Waals surface area contributed by atoms with Crippen molar-refractivity contribution in [1.82, 2.24) is 0 Å². The molecule has 0 unspecified atom stereocenters. The molecule has 1 aliphatic rings. The molecule has 0 saturated heterocycles. The van der Waals surface area contributed by atoms with Gasteiger partial charge in [0.05, 0.1) is 23.9 Å². The zero-order chi connectivity index (χ0) is 17.8. The molecule has 0 spiro atoms. The Bertz CT molecular complexity index is 936. The Hall–Kier alpha value is -3.39. The minimum absolute atomic E-state index is 0.257. The van der Waals surface area contributed by atoms with Gasteiger partial charge in [-0.25, -0.2) is 9.79 Å². The van der Waals surface area contributed by atoms with Crippen LogP contribution in [-0.4, -0.2) is 18.4 Å². The van der Waals surface area contributed by atoms with Gasteiger partial charge in [0.1, 0.15) is 5.84 Å². The number of nitrogens with zero attached hydrogens (tertiary/aromatic N) is 2. The molecule has 124 valence electrons. The third-order valence-electron chi connectivity index (χ3n) is 3.86. The molecule has 2 aromatic rings. The van der Waals surface area contributed by atoms with E-state index in [1.54, 1.807) is 19.1 Å². The molecule has 2 aromatic carbocycles. The summed E-state index contributed by atoms with van der Waals surface area (Å²) in [6.45, 7) is 2.08. The molecule has 0 aliphatic carbocycles. The van der Waals surface area contributed by atoms with Crippen molar-refractivity contribution in [3.63, 3.8) is 0 Å². The SMILES string of the molecule is CCOC(=O)C1=Cc2ccc(-c3cccc(C#N)c3)cc2N=C(N)C1. The van der Waals surface area contributed by atoms with E-state index in [9.17, 15) is 4.79 Å². The highest BCUT2D eigenvalue weighted by molar-refractivity contribution is 6.03. The summed E-state index contributed by atoms with van der Waals surface area (Å²) >= 11 is 0. The van der Waals surface area contributed by atoms with Gasteiger partial charge < -0.3 is 10.5 Å². The fraction of sp³-hybridized carbons (Fsp3) is 0.150. The number of hydrogen-bond acceptors (Lipinski definition) is 5. The third-order valence-corrected chi connectivity index (χ3v) is 3.86. The second-order valence-electron chi connectivity index (χ2n) is 5.64. The highest BCUT2D eigenvalue weighted by Gasteiger charge is 2.17. The maximum absolute atomic E-state index is 12.0. The number of esters is 1. The number of nitrogens with two attached hydrogens (primary N) is 1.